The Morgan fingerprint density at radius 1 is 0.839 bits per heavy atom. The van der Waals surface area contributed by atoms with E-state index in [-0.39, 0.29) is 5.97 Å². The van der Waals surface area contributed by atoms with Crippen LogP contribution in [0.2, 0.25) is 0 Å². The van der Waals surface area contributed by atoms with E-state index in [1.54, 1.807) is 0 Å². The number of cyclic esters (lactones) is 1. The summed E-state index contributed by atoms with van der Waals surface area (Å²) in [6, 6.07) is 24.8. The van der Waals surface area contributed by atoms with Gasteiger partial charge in [0.05, 0.1) is 5.57 Å². The molecule has 0 unspecified atom stereocenters. The Morgan fingerprint density at radius 3 is 2.39 bits per heavy atom. The number of aryl methyl sites for hydroxylation is 2. The highest BCUT2D eigenvalue weighted by Gasteiger charge is 2.23. The molecule has 0 saturated carbocycles. The Morgan fingerprint density at radius 2 is 1.58 bits per heavy atom. The molecule has 0 radical (unpaired) electrons. The fourth-order valence-corrected chi connectivity index (χ4v) is 4.23. The molecular formula is C28H23NO2. The predicted molar refractivity (Wildman–Crippen MR) is 126 cm³/mol. The first-order valence-electron chi connectivity index (χ1n) is 10.4. The molecule has 5 rings (SSSR count). The topological polar surface area (TPSA) is 31.2 Å². The summed E-state index contributed by atoms with van der Waals surface area (Å²) in [4.78, 5) is 12.6. The molecule has 0 atom stereocenters. The molecule has 0 aliphatic carbocycles. The van der Waals surface area contributed by atoms with Crippen LogP contribution in [-0.4, -0.2) is 10.5 Å². The Balaban J connectivity index is 1.52. The number of ether oxygens (including phenoxy) is 1. The van der Waals surface area contributed by atoms with Crippen LogP contribution in [0.25, 0.3) is 28.3 Å². The van der Waals surface area contributed by atoms with Crippen molar-refractivity contribution in [2.75, 3.05) is 0 Å². The van der Waals surface area contributed by atoms with Gasteiger partial charge in [0.1, 0.15) is 5.76 Å². The van der Waals surface area contributed by atoms with E-state index in [0.29, 0.717) is 11.3 Å². The molecule has 2 heterocycles. The van der Waals surface area contributed by atoms with Gasteiger partial charge in [0.25, 0.3) is 0 Å². The monoisotopic (exact) mass is 405 g/mol. The van der Waals surface area contributed by atoms with Gasteiger partial charge >= 0.3 is 5.97 Å². The minimum Gasteiger partial charge on any atom is -0.422 e. The second kappa shape index (κ2) is 7.44. The van der Waals surface area contributed by atoms with Gasteiger partial charge in [0.15, 0.2) is 0 Å². The molecule has 31 heavy (non-hydrogen) atoms. The third-order valence-electron chi connectivity index (χ3n) is 5.80. The summed E-state index contributed by atoms with van der Waals surface area (Å²) in [6.07, 6.45) is 3.76. The standard InChI is InChI=1S/C28H23NO2/c1-18-9-10-22-15-23(12-11-21(22)13-18)27-17-25(28(30)31-27)16-24-14-19(2)29(20(24)3)26-7-5-4-6-8-26/h4-17H,1-3H3/b25-16-. The third-order valence-corrected chi connectivity index (χ3v) is 5.80. The number of hydrogen-bond donors (Lipinski definition) is 0. The normalized spacial score (nSPS) is 14.9. The van der Waals surface area contributed by atoms with Gasteiger partial charge in [-0.3, -0.25) is 0 Å². The lowest BCUT2D eigenvalue weighted by atomic mass is 10.0. The van der Waals surface area contributed by atoms with E-state index in [2.05, 4.69) is 73.9 Å². The molecule has 3 aromatic carbocycles. The van der Waals surface area contributed by atoms with Gasteiger partial charge in [-0.15, -0.1) is 0 Å². The second-order valence-corrected chi connectivity index (χ2v) is 8.06. The minimum absolute atomic E-state index is 0.316. The first-order chi connectivity index (χ1) is 15.0. The number of fused-ring (bicyclic) bond motifs is 1. The van der Waals surface area contributed by atoms with Crippen LogP contribution in [0.3, 0.4) is 0 Å². The SMILES string of the molecule is Cc1ccc2cc(C3=C/C(=C/c4cc(C)n(-c5ccccc5)c4C)C(=O)O3)ccc2c1. The average molecular weight is 405 g/mol. The third kappa shape index (κ3) is 3.49. The van der Waals surface area contributed by atoms with Crippen LogP contribution in [0.5, 0.6) is 0 Å². The maximum atomic E-state index is 12.6. The summed E-state index contributed by atoms with van der Waals surface area (Å²) in [7, 11) is 0. The van der Waals surface area contributed by atoms with Crippen LogP contribution in [0.1, 0.15) is 28.1 Å². The number of hydrogen-bond acceptors (Lipinski definition) is 2. The number of para-hydroxylation sites is 1. The number of carbonyl (C=O) groups is 1. The Kier molecular flexibility index (Phi) is 4.59. The number of carbonyl (C=O) groups excluding carboxylic acids is 1. The number of nitrogens with zero attached hydrogens (tertiary/aromatic N) is 1. The zero-order valence-corrected chi connectivity index (χ0v) is 17.8. The zero-order valence-electron chi connectivity index (χ0n) is 17.8. The molecule has 0 bridgehead atoms. The summed E-state index contributed by atoms with van der Waals surface area (Å²) < 4.78 is 7.81. The number of esters is 1. The maximum Gasteiger partial charge on any atom is 0.343 e. The molecule has 4 aromatic rings. The van der Waals surface area contributed by atoms with Crippen LogP contribution in [0, 0.1) is 20.8 Å². The summed E-state index contributed by atoms with van der Waals surface area (Å²) in [6.45, 7) is 6.23. The summed E-state index contributed by atoms with van der Waals surface area (Å²) in [5.74, 6) is 0.277. The quantitative estimate of drug-likeness (QED) is 0.286. The molecule has 1 aliphatic heterocycles. The van der Waals surface area contributed by atoms with Gasteiger partial charge in [0.2, 0.25) is 0 Å². The second-order valence-electron chi connectivity index (χ2n) is 8.06. The van der Waals surface area contributed by atoms with E-state index in [1.165, 1.54) is 10.9 Å². The van der Waals surface area contributed by atoms with Crippen molar-refractivity contribution in [1.82, 2.24) is 4.57 Å². The Bertz CT molecular complexity index is 1390. The van der Waals surface area contributed by atoms with Crippen LogP contribution in [0.15, 0.2) is 84.4 Å². The molecule has 0 spiro atoms. The molecule has 1 aliphatic rings. The number of rotatable bonds is 3. The van der Waals surface area contributed by atoms with Crippen molar-refractivity contribution in [3.8, 4) is 5.69 Å². The Hall–Kier alpha value is -3.85. The summed E-state index contributed by atoms with van der Waals surface area (Å²) in [5.41, 5.74) is 7.03. The lowest BCUT2D eigenvalue weighted by molar-refractivity contribution is -0.130. The van der Waals surface area contributed by atoms with Gasteiger partial charge in [0, 0.05) is 22.6 Å². The van der Waals surface area contributed by atoms with Gasteiger partial charge in [-0.05, 0) is 73.5 Å². The van der Waals surface area contributed by atoms with Gasteiger partial charge < -0.3 is 9.30 Å². The fraction of sp³-hybridized carbons (Fsp3) is 0.107. The smallest absolute Gasteiger partial charge is 0.343 e. The molecule has 0 saturated heterocycles. The largest absolute Gasteiger partial charge is 0.422 e. The molecule has 152 valence electrons. The van der Waals surface area contributed by atoms with Crippen molar-refractivity contribution in [1.29, 1.82) is 0 Å². The minimum atomic E-state index is -0.316. The zero-order chi connectivity index (χ0) is 21.5. The summed E-state index contributed by atoms with van der Waals surface area (Å²) >= 11 is 0. The predicted octanol–water partition coefficient (Wildman–Crippen LogP) is 6.54. The molecule has 3 heteroatoms. The van der Waals surface area contributed by atoms with E-state index in [9.17, 15) is 4.79 Å². The molecule has 0 fully saturated rings. The molecule has 0 N–H and O–H groups in total. The first kappa shape index (κ1) is 19.1. The number of aromatic nitrogens is 1. The van der Waals surface area contributed by atoms with Crippen molar-refractivity contribution in [3.05, 3.63) is 113 Å². The van der Waals surface area contributed by atoms with E-state index < -0.39 is 0 Å². The van der Waals surface area contributed by atoms with Gasteiger partial charge in [-0.25, -0.2) is 4.79 Å². The molecule has 3 nitrogen and oxygen atoms in total. The van der Waals surface area contributed by atoms with E-state index >= 15 is 0 Å². The van der Waals surface area contributed by atoms with Crippen LogP contribution >= 0.6 is 0 Å². The molecule has 1 aromatic heterocycles. The highest BCUT2D eigenvalue weighted by atomic mass is 16.5. The van der Waals surface area contributed by atoms with Crippen LogP contribution in [0.4, 0.5) is 0 Å². The highest BCUT2D eigenvalue weighted by molar-refractivity contribution is 6.05. The van der Waals surface area contributed by atoms with Crippen molar-refractivity contribution in [2.24, 2.45) is 0 Å². The summed E-state index contributed by atoms with van der Waals surface area (Å²) in [5, 5.41) is 2.31. The van der Waals surface area contributed by atoms with Gasteiger partial charge in [-0.1, -0.05) is 54.1 Å². The number of benzene rings is 3. The van der Waals surface area contributed by atoms with Crippen molar-refractivity contribution in [3.63, 3.8) is 0 Å². The van der Waals surface area contributed by atoms with Crippen LogP contribution < -0.4 is 0 Å². The molecule has 0 amide bonds. The van der Waals surface area contributed by atoms with Crippen molar-refractivity contribution < 1.29 is 9.53 Å². The van der Waals surface area contributed by atoms with Crippen LogP contribution in [-0.2, 0) is 9.53 Å². The lowest BCUT2D eigenvalue weighted by Crippen LogP contribution is -1.99. The maximum absolute atomic E-state index is 12.6. The first-order valence-corrected chi connectivity index (χ1v) is 10.4. The van der Waals surface area contributed by atoms with E-state index in [1.807, 2.05) is 36.4 Å². The van der Waals surface area contributed by atoms with Crippen molar-refractivity contribution >= 4 is 28.6 Å². The van der Waals surface area contributed by atoms with Crippen molar-refractivity contribution in [2.45, 2.75) is 20.8 Å². The fourth-order valence-electron chi connectivity index (χ4n) is 4.23. The van der Waals surface area contributed by atoms with E-state index in [0.717, 1.165) is 33.6 Å². The lowest BCUT2D eigenvalue weighted by Gasteiger charge is -2.09. The Labute approximate surface area is 181 Å². The average Bonchev–Trinajstić information content (AvgIpc) is 3.27. The molecular weight excluding hydrogens is 382 g/mol. The van der Waals surface area contributed by atoms with Gasteiger partial charge in [-0.2, -0.15) is 0 Å². The highest BCUT2D eigenvalue weighted by Crippen LogP contribution is 2.31. The van der Waals surface area contributed by atoms with E-state index in [4.69, 9.17) is 4.74 Å².